The van der Waals surface area contributed by atoms with Crippen molar-refractivity contribution in [1.82, 2.24) is 5.32 Å². The summed E-state index contributed by atoms with van der Waals surface area (Å²) in [5.41, 5.74) is 2.54. The Morgan fingerprint density at radius 1 is 1.12 bits per heavy atom. The summed E-state index contributed by atoms with van der Waals surface area (Å²) in [5, 5.41) is 16.6. The molecule has 2 aromatic rings. The molecule has 24 heavy (non-hydrogen) atoms. The molecule has 0 aromatic heterocycles. The molecule has 6 heteroatoms. The number of carbonyl (C=O) groups is 1. The van der Waals surface area contributed by atoms with Gasteiger partial charge in [0.15, 0.2) is 0 Å². The Balaban J connectivity index is 1.79. The highest BCUT2D eigenvalue weighted by Crippen LogP contribution is 2.22. The average Bonchev–Trinajstić information content (AvgIpc) is 2.58. The highest BCUT2D eigenvalue weighted by molar-refractivity contribution is 5.91. The fourth-order valence-electron chi connectivity index (χ4n) is 2.16. The fourth-order valence-corrected chi connectivity index (χ4v) is 2.16. The van der Waals surface area contributed by atoms with Crippen molar-refractivity contribution in [3.05, 3.63) is 75.8 Å². The maximum Gasteiger partial charge on any atom is 0.292 e. The Hall–Kier alpha value is -3.15. The lowest BCUT2D eigenvalue weighted by Gasteiger charge is -2.07. The van der Waals surface area contributed by atoms with Gasteiger partial charge in [-0.25, -0.2) is 0 Å². The van der Waals surface area contributed by atoms with E-state index in [0.29, 0.717) is 18.8 Å². The van der Waals surface area contributed by atoms with Crippen LogP contribution in [0.15, 0.2) is 54.6 Å². The Morgan fingerprint density at radius 2 is 1.83 bits per heavy atom. The molecule has 0 fully saturated rings. The molecular weight excluding hydrogens is 306 g/mol. The summed E-state index contributed by atoms with van der Waals surface area (Å²) in [4.78, 5) is 22.2. The van der Waals surface area contributed by atoms with Gasteiger partial charge in [-0.15, -0.1) is 0 Å². The van der Waals surface area contributed by atoms with Gasteiger partial charge in [0.05, 0.1) is 4.92 Å². The maximum atomic E-state index is 11.8. The number of aryl methyl sites for hydroxylation is 1. The summed E-state index contributed by atoms with van der Waals surface area (Å²) in [7, 11) is 0. The number of benzene rings is 2. The van der Waals surface area contributed by atoms with Gasteiger partial charge in [0.2, 0.25) is 5.91 Å². The van der Waals surface area contributed by atoms with E-state index in [4.69, 9.17) is 0 Å². The largest absolute Gasteiger partial charge is 0.378 e. The van der Waals surface area contributed by atoms with Gasteiger partial charge in [0.1, 0.15) is 5.69 Å². The molecule has 0 saturated carbocycles. The number of hydrogen-bond donors (Lipinski definition) is 2. The van der Waals surface area contributed by atoms with Gasteiger partial charge in [0.25, 0.3) is 5.69 Å². The molecule has 2 aromatic carbocycles. The molecule has 0 atom stereocenters. The molecule has 0 radical (unpaired) electrons. The average molecular weight is 325 g/mol. The van der Waals surface area contributed by atoms with Crippen molar-refractivity contribution in [2.45, 2.75) is 6.92 Å². The lowest BCUT2D eigenvalue weighted by molar-refractivity contribution is -0.384. The number of para-hydroxylation sites is 2. The molecule has 0 aliphatic rings. The zero-order valence-corrected chi connectivity index (χ0v) is 13.4. The first kappa shape index (κ1) is 17.2. The van der Waals surface area contributed by atoms with Crippen LogP contribution < -0.4 is 10.6 Å². The van der Waals surface area contributed by atoms with Crippen LogP contribution in [0.2, 0.25) is 0 Å². The van der Waals surface area contributed by atoms with Crippen LogP contribution in [0.25, 0.3) is 6.08 Å². The van der Waals surface area contributed by atoms with Crippen LogP contribution in [0.1, 0.15) is 11.1 Å². The number of amides is 1. The van der Waals surface area contributed by atoms with Crippen molar-refractivity contribution in [1.29, 1.82) is 0 Å². The van der Waals surface area contributed by atoms with Crippen molar-refractivity contribution in [2.24, 2.45) is 0 Å². The van der Waals surface area contributed by atoms with E-state index in [1.165, 1.54) is 12.1 Å². The minimum atomic E-state index is -0.439. The Kier molecular flexibility index (Phi) is 6.08. The lowest BCUT2D eigenvalue weighted by atomic mass is 10.1. The van der Waals surface area contributed by atoms with Crippen LogP contribution in [-0.2, 0) is 4.79 Å². The van der Waals surface area contributed by atoms with E-state index < -0.39 is 4.92 Å². The summed E-state index contributed by atoms with van der Waals surface area (Å²) in [6.45, 7) is 2.74. The van der Waals surface area contributed by atoms with E-state index in [9.17, 15) is 14.9 Å². The topological polar surface area (TPSA) is 84.3 Å². The second-order valence-corrected chi connectivity index (χ2v) is 5.18. The number of nitrogens with zero attached hydrogens (tertiary/aromatic N) is 1. The highest BCUT2D eigenvalue weighted by Gasteiger charge is 2.11. The minimum Gasteiger partial charge on any atom is -0.378 e. The number of nitro groups is 1. The van der Waals surface area contributed by atoms with E-state index in [2.05, 4.69) is 10.6 Å². The first-order valence-corrected chi connectivity index (χ1v) is 7.57. The third kappa shape index (κ3) is 4.95. The summed E-state index contributed by atoms with van der Waals surface area (Å²) in [6.07, 6.45) is 3.24. The first-order valence-electron chi connectivity index (χ1n) is 7.57. The molecule has 0 spiro atoms. The van der Waals surface area contributed by atoms with Crippen LogP contribution in [0.3, 0.4) is 0 Å². The van der Waals surface area contributed by atoms with E-state index in [1.807, 2.05) is 31.2 Å². The molecule has 2 rings (SSSR count). The van der Waals surface area contributed by atoms with Crippen LogP contribution in [-0.4, -0.2) is 23.9 Å². The van der Waals surface area contributed by atoms with Gasteiger partial charge < -0.3 is 10.6 Å². The standard InChI is InChI=1S/C18H19N3O3/c1-14-6-2-3-7-15(14)10-11-18(22)20-13-12-19-16-8-4-5-9-17(16)21(23)24/h2-11,19H,12-13H2,1H3,(H,20,22)/b11-10+. The molecule has 0 heterocycles. The smallest absolute Gasteiger partial charge is 0.292 e. The molecule has 124 valence electrons. The third-order valence-electron chi connectivity index (χ3n) is 3.44. The second-order valence-electron chi connectivity index (χ2n) is 5.18. The number of hydrogen-bond acceptors (Lipinski definition) is 4. The van der Waals surface area contributed by atoms with Gasteiger partial charge in [0, 0.05) is 25.2 Å². The molecule has 0 aliphatic carbocycles. The number of anilines is 1. The number of nitrogens with one attached hydrogen (secondary N) is 2. The van der Waals surface area contributed by atoms with Crippen LogP contribution >= 0.6 is 0 Å². The monoisotopic (exact) mass is 325 g/mol. The van der Waals surface area contributed by atoms with Crippen LogP contribution in [0.5, 0.6) is 0 Å². The first-order chi connectivity index (χ1) is 11.6. The quantitative estimate of drug-likeness (QED) is 0.354. The molecule has 0 bridgehead atoms. The number of nitro benzene ring substituents is 1. The molecule has 1 amide bonds. The number of rotatable bonds is 7. The normalized spacial score (nSPS) is 10.5. The van der Waals surface area contributed by atoms with E-state index in [1.54, 1.807) is 24.3 Å². The van der Waals surface area contributed by atoms with Crippen molar-refractivity contribution in [3.63, 3.8) is 0 Å². The fraction of sp³-hybridized carbons (Fsp3) is 0.167. The van der Waals surface area contributed by atoms with Gasteiger partial charge in [-0.05, 0) is 30.2 Å². The van der Waals surface area contributed by atoms with Gasteiger partial charge in [-0.3, -0.25) is 14.9 Å². The minimum absolute atomic E-state index is 0.0169. The van der Waals surface area contributed by atoms with Crippen LogP contribution in [0, 0.1) is 17.0 Å². The predicted molar refractivity (Wildman–Crippen MR) is 94.8 cm³/mol. The molecule has 0 unspecified atom stereocenters. The van der Waals surface area contributed by atoms with E-state index >= 15 is 0 Å². The summed E-state index contributed by atoms with van der Waals surface area (Å²) < 4.78 is 0. The maximum absolute atomic E-state index is 11.8. The Morgan fingerprint density at radius 3 is 2.58 bits per heavy atom. The van der Waals surface area contributed by atoms with E-state index in [0.717, 1.165) is 11.1 Å². The zero-order valence-electron chi connectivity index (χ0n) is 13.4. The second kappa shape index (κ2) is 8.47. The third-order valence-corrected chi connectivity index (χ3v) is 3.44. The molecule has 2 N–H and O–H groups in total. The Bertz CT molecular complexity index is 757. The van der Waals surface area contributed by atoms with Crippen molar-refractivity contribution in [2.75, 3.05) is 18.4 Å². The van der Waals surface area contributed by atoms with Crippen molar-refractivity contribution >= 4 is 23.4 Å². The summed E-state index contributed by atoms with van der Waals surface area (Å²) in [6, 6.07) is 14.2. The van der Waals surface area contributed by atoms with Crippen molar-refractivity contribution < 1.29 is 9.72 Å². The SMILES string of the molecule is Cc1ccccc1/C=C/C(=O)NCCNc1ccccc1[N+](=O)[O-]. The molecule has 6 nitrogen and oxygen atoms in total. The number of carbonyl (C=O) groups excluding carboxylic acids is 1. The predicted octanol–water partition coefficient (Wildman–Crippen LogP) is 3.14. The van der Waals surface area contributed by atoms with Gasteiger partial charge >= 0.3 is 0 Å². The van der Waals surface area contributed by atoms with Gasteiger partial charge in [-0.1, -0.05) is 36.4 Å². The summed E-state index contributed by atoms with van der Waals surface area (Å²) in [5.74, 6) is -0.206. The van der Waals surface area contributed by atoms with Crippen molar-refractivity contribution in [3.8, 4) is 0 Å². The molecule has 0 saturated heterocycles. The van der Waals surface area contributed by atoms with Gasteiger partial charge in [-0.2, -0.15) is 0 Å². The van der Waals surface area contributed by atoms with E-state index in [-0.39, 0.29) is 11.6 Å². The van der Waals surface area contributed by atoms with Crippen LogP contribution in [0.4, 0.5) is 11.4 Å². The zero-order chi connectivity index (χ0) is 17.4. The Labute approximate surface area is 140 Å². The summed E-state index contributed by atoms with van der Waals surface area (Å²) >= 11 is 0. The molecule has 0 aliphatic heterocycles. The molecular formula is C18H19N3O3. The lowest BCUT2D eigenvalue weighted by Crippen LogP contribution is -2.27. The highest BCUT2D eigenvalue weighted by atomic mass is 16.6.